The molecule has 0 amide bonds. The number of benzene rings is 2. The van der Waals surface area contributed by atoms with Crippen LogP contribution in [-0.2, 0) is 0 Å². The predicted octanol–water partition coefficient (Wildman–Crippen LogP) is 3.95. The van der Waals surface area contributed by atoms with E-state index in [0.717, 1.165) is 19.6 Å². The minimum atomic E-state index is 0.411. The molecule has 1 aliphatic rings. The van der Waals surface area contributed by atoms with E-state index in [4.69, 9.17) is 0 Å². The smallest absolute Gasteiger partial charge is 0.0498 e. The molecule has 21 heavy (non-hydrogen) atoms. The molecule has 1 fully saturated rings. The summed E-state index contributed by atoms with van der Waals surface area (Å²) in [5, 5.41) is 3.67. The third kappa shape index (κ3) is 3.60. The van der Waals surface area contributed by atoms with E-state index in [9.17, 15) is 0 Å². The molecule has 0 aliphatic carbocycles. The van der Waals surface area contributed by atoms with Crippen molar-refractivity contribution in [2.75, 3.05) is 30.8 Å². The first-order valence-corrected chi connectivity index (χ1v) is 8.76. The van der Waals surface area contributed by atoms with Crippen molar-refractivity contribution >= 4 is 17.4 Å². The number of hydrogen-bond acceptors (Lipinski definition) is 3. The zero-order valence-electron chi connectivity index (χ0n) is 12.5. The molecule has 0 bridgehead atoms. The van der Waals surface area contributed by atoms with Crippen LogP contribution in [0.25, 0.3) is 0 Å². The fourth-order valence-electron chi connectivity index (χ4n) is 2.86. The summed E-state index contributed by atoms with van der Waals surface area (Å²) in [7, 11) is 0. The maximum Gasteiger partial charge on any atom is 0.0498 e. The van der Waals surface area contributed by atoms with Gasteiger partial charge in [-0.05, 0) is 49.1 Å². The van der Waals surface area contributed by atoms with Gasteiger partial charge < -0.3 is 10.2 Å². The average Bonchev–Trinajstić information content (AvgIpc) is 2.82. The van der Waals surface area contributed by atoms with Gasteiger partial charge in [0.25, 0.3) is 0 Å². The molecule has 3 rings (SSSR count). The number of hydrogen-bond donors (Lipinski definition) is 1. The Kier molecular flexibility index (Phi) is 4.84. The summed E-state index contributed by atoms with van der Waals surface area (Å²) < 4.78 is 0. The highest BCUT2D eigenvalue weighted by molar-refractivity contribution is 7.98. The van der Waals surface area contributed by atoms with Crippen LogP contribution in [0.2, 0.25) is 0 Å². The number of thioether (sulfide) groups is 1. The van der Waals surface area contributed by atoms with E-state index in [1.54, 1.807) is 11.8 Å². The molecule has 0 spiro atoms. The zero-order chi connectivity index (χ0) is 14.5. The van der Waals surface area contributed by atoms with Crippen molar-refractivity contribution in [3.63, 3.8) is 0 Å². The first kappa shape index (κ1) is 14.5. The molecule has 1 saturated heterocycles. The van der Waals surface area contributed by atoms with Crippen LogP contribution < -0.4 is 10.2 Å². The first-order chi connectivity index (χ1) is 10.4. The lowest BCUT2D eigenvalue weighted by molar-refractivity contribution is 0.570. The fourth-order valence-corrected chi connectivity index (χ4v) is 3.27. The molecule has 2 aromatic rings. The molecule has 1 heterocycles. The molecule has 1 N–H and O–H groups in total. The molecular weight excluding hydrogens is 276 g/mol. The summed E-state index contributed by atoms with van der Waals surface area (Å²) in [5.41, 5.74) is 2.71. The number of rotatable bonds is 3. The normalized spacial score (nSPS) is 19.3. The van der Waals surface area contributed by atoms with Gasteiger partial charge in [-0.2, -0.15) is 0 Å². The standard InChI is InChI=1S/C18H22N2S/c1-21-17-10-8-16(9-11-17)20-13-5-12-19-18(14-20)15-6-3-2-4-7-15/h2-4,6-11,18-19H,5,12-14H2,1H3. The van der Waals surface area contributed by atoms with E-state index in [1.165, 1.54) is 22.6 Å². The van der Waals surface area contributed by atoms with Crippen molar-refractivity contribution < 1.29 is 0 Å². The van der Waals surface area contributed by atoms with Crippen LogP contribution in [0.3, 0.4) is 0 Å². The second-order valence-corrected chi connectivity index (χ2v) is 6.29. The molecule has 2 nitrogen and oxygen atoms in total. The van der Waals surface area contributed by atoms with Gasteiger partial charge in [-0.25, -0.2) is 0 Å². The summed E-state index contributed by atoms with van der Waals surface area (Å²) in [4.78, 5) is 3.83. The third-order valence-electron chi connectivity index (χ3n) is 4.04. The molecule has 3 heteroatoms. The molecule has 2 aromatic carbocycles. The molecular formula is C18H22N2S. The number of nitrogens with zero attached hydrogens (tertiary/aromatic N) is 1. The number of anilines is 1. The average molecular weight is 298 g/mol. The highest BCUT2D eigenvalue weighted by Gasteiger charge is 2.19. The van der Waals surface area contributed by atoms with Crippen LogP contribution in [-0.4, -0.2) is 25.9 Å². The highest BCUT2D eigenvalue weighted by atomic mass is 32.2. The third-order valence-corrected chi connectivity index (χ3v) is 4.78. The van der Waals surface area contributed by atoms with Crippen molar-refractivity contribution in [1.29, 1.82) is 0 Å². The number of nitrogens with one attached hydrogen (secondary N) is 1. The van der Waals surface area contributed by atoms with Crippen molar-refractivity contribution in [3.05, 3.63) is 60.2 Å². The van der Waals surface area contributed by atoms with E-state index in [2.05, 4.69) is 71.1 Å². The summed E-state index contributed by atoms with van der Waals surface area (Å²) >= 11 is 1.79. The lowest BCUT2D eigenvalue weighted by Gasteiger charge is -2.27. The van der Waals surface area contributed by atoms with Crippen molar-refractivity contribution in [1.82, 2.24) is 5.32 Å². The lowest BCUT2D eigenvalue weighted by atomic mass is 10.1. The first-order valence-electron chi connectivity index (χ1n) is 7.54. The Hall–Kier alpha value is -1.45. The Balaban J connectivity index is 1.78. The van der Waals surface area contributed by atoms with Gasteiger partial charge in [0.2, 0.25) is 0 Å². The van der Waals surface area contributed by atoms with E-state index in [0.29, 0.717) is 6.04 Å². The Morgan fingerprint density at radius 1 is 1.05 bits per heavy atom. The maximum absolute atomic E-state index is 3.67. The molecule has 110 valence electrons. The fraction of sp³-hybridized carbons (Fsp3) is 0.333. The van der Waals surface area contributed by atoms with Gasteiger partial charge in [0.1, 0.15) is 0 Å². The molecule has 1 aliphatic heterocycles. The van der Waals surface area contributed by atoms with E-state index >= 15 is 0 Å². The summed E-state index contributed by atoms with van der Waals surface area (Å²) in [6, 6.07) is 20.1. The Morgan fingerprint density at radius 3 is 2.52 bits per heavy atom. The Labute approximate surface area is 131 Å². The van der Waals surface area contributed by atoms with Crippen molar-refractivity contribution in [2.24, 2.45) is 0 Å². The molecule has 1 atom stereocenters. The zero-order valence-corrected chi connectivity index (χ0v) is 13.3. The SMILES string of the molecule is CSc1ccc(N2CCCNC(c3ccccc3)C2)cc1. The molecule has 1 unspecified atom stereocenters. The van der Waals surface area contributed by atoms with Gasteiger partial charge in [0.05, 0.1) is 0 Å². The van der Waals surface area contributed by atoms with Crippen molar-refractivity contribution in [3.8, 4) is 0 Å². The van der Waals surface area contributed by atoms with Crippen LogP contribution in [0.4, 0.5) is 5.69 Å². The topological polar surface area (TPSA) is 15.3 Å². The maximum atomic E-state index is 3.67. The second-order valence-electron chi connectivity index (χ2n) is 5.41. The summed E-state index contributed by atoms with van der Waals surface area (Å²) in [6.07, 6.45) is 3.31. The quantitative estimate of drug-likeness (QED) is 0.864. The van der Waals surface area contributed by atoms with Crippen LogP contribution >= 0.6 is 11.8 Å². The van der Waals surface area contributed by atoms with Gasteiger partial charge in [0.15, 0.2) is 0 Å². The Morgan fingerprint density at radius 2 is 1.81 bits per heavy atom. The van der Waals surface area contributed by atoms with Gasteiger partial charge in [-0.3, -0.25) is 0 Å². The predicted molar refractivity (Wildman–Crippen MR) is 92.2 cm³/mol. The Bertz CT molecular complexity index is 553. The largest absolute Gasteiger partial charge is 0.370 e. The van der Waals surface area contributed by atoms with Crippen LogP contribution in [0.15, 0.2) is 59.5 Å². The highest BCUT2D eigenvalue weighted by Crippen LogP contribution is 2.24. The van der Waals surface area contributed by atoms with Gasteiger partial charge in [0, 0.05) is 29.7 Å². The van der Waals surface area contributed by atoms with Gasteiger partial charge >= 0.3 is 0 Å². The van der Waals surface area contributed by atoms with Gasteiger partial charge in [-0.15, -0.1) is 11.8 Å². The van der Waals surface area contributed by atoms with E-state index in [1.807, 2.05) is 0 Å². The van der Waals surface area contributed by atoms with Crippen molar-refractivity contribution in [2.45, 2.75) is 17.4 Å². The van der Waals surface area contributed by atoms with Crippen LogP contribution in [0.5, 0.6) is 0 Å². The lowest BCUT2D eigenvalue weighted by Crippen LogP contribution is -2.31. The monoisotopic (exact) mass is 298 g/mol. The van der Waals surface area contributed by atoms with Gasteiger partial charge in [-0.1, -0.05) is 30.3 Å². The second kappa shape index (κ2) is 7.01. The minimum absolute atomic E-state index is 0.411. The molecule has 0 saturated carbocycles. The molecule has 0 aromatic heterocycles. The summed E-state index contributed by atoms with van der Waals surface area (Å²) in [6.45, 7) is 3.23. The minimum Gasteiger partial charge on any atom is -0.370 e. The van der Waals surface area contributed by atoms with E-state index in [-0.39, 0.29) is 0 Å². The van der Waals surface area contributed by atoms with Crippen LogP contribution in [0.1, 0.15) is 18.0 Å². The van der Waals surface area contributed by atoms with E-state index < -0.39 is 0 Å². The summed E-state index contributed by atoms with van der Waals surface area (Å²) in [5.74, 6) is 0. The molecule has 0 radical (unpaired) electrons. The van der Waals surface area contributed by atoms with Crippen LogP contribution in [0, 0.1) is 0 Å².